The number of carbonyl (C=O) groups is 1. The molecule has 3 nitrogen and oxygen atoms in total. The molecule has 4 heteroatoms. The standard InChI is InChI=1S/C9H17NO2Si/c1-5-6-9(7-10,8(11)12)13(2,3)4/h5-6H2,1-4H3,(H,11,12). The minimum Gasteiger partial charge on any atom is -0.480 e. The van der Waals surface area contributed by atoms with Gasteiger partial charge in [0.05, 0.1) is 14.1 Å². The number of aliphatic carboxylic acids is 1. The van der Waals surface area contributed by atoms with E-state index in [4.69, 9.17) is 10.4 Å². The molecule has 0 spiro atoms. The van der Waals surface area contributed by atoms with Crippen LogP contribution in [0, 0.1) is 11.3 Å². The van der Waals surface area contributed by atoms with Crippen LogP contribution in [0.1, 0.15) is 19.8 Å². The third-order valence-corrected chi connectivity index (χ3v) is 5.60. The first-order chi connectivity index (χ1) is 5.81. The van der Waals surface area contributed by atoms with Crippen molar-refractivity contribution in [3.05, 3.63) is 0 Å². The van der Waals surface area contributed by atoms with E-state index in [1.165, 1.54) is 0 Å². The summed E-state index contributed by atoms with van der Waals surface area (Å²) in [5.74, 6) is -0.948. The van der Waals surface area contributed by atoms with E-state index in [0.29, 0.717) is 6.42 Å². The Balaban J connectivity index is 5.15. The van der Waals surface area contributed by atoms with Crippen molar-refractivity contribution in [2.75, 3.05) is 0 Å². The zero-order valence-electron chi connectivity index (χ0n) is 8.72. The van der Waals surface area contributed by atoms with E-state index in [9.17, 15) is 4.79 Å². The van der Waals surface area contributed by atoms with Gasteiger partial charge in [-0.3, -0.25) is 4.79 Å². The highest BCUT2D eigenvalue weighted by atomic mass is 28.3. The van der Waals surface area contributed by atoms with E-state index < -0.39 is 19.1 Å². The van der Waals surface area contributed by atoms with E-state index in [-0.39, 0.29) is 0 Å². The maximum Gasteiger partial charge on any atom is 0.320 e. The van der Waals surface area contributed by atoms with Crippen molar-refractivity contribution >= 4 is 14.0 Å². The Morgan fingerprint density at radius 2 is 2.00 bits per heavy atom. The minimum absolute atomic E-state index is 0.467. The van der Waals surface area contributed by atoms with Crippen LogP contribution in [0.3, 0.4) is 0 Å². The number of nitrogens with zero attached hydrogens (tertiary/aromatic N) is 1. The number of hydrogen-bond donors (Lipinski definition) is 1. The molecule has 0 aliphatic carbocycles. The van der Waals surface area contributed by atoms with Gasteiger partial charge in [-0.15, -0.1) is 0 Å². The first-order valence-electron chi connectivity index (χ1n) is 4.46. The normalized spacial score (nSPS) is 15.9. The molecule has 1 unspecified atom stereocenters. The molecule has 0 aromatic heterocycles. The Morgan fingerprint density at radius 1 is 1.54 bits per heavy atom. The lowest BCUT2D eigenvalue weighted by Crippen LogP contribution is -2.44. The molecule has 0 aliphatic heterocycles. The summed E-state index contributed by atoms with van der Waals surface area (Å²) in [7, 11) is -1.98. The van der Waals surface area contributed by atoms with Crippen LogP contribution in [0.25, 0.3) is 0 Å². The zero-order valence-corrected chi connectivity index (χ0v) is 9.72. The predicted molar refractivity (Wildman–Crippen MR) is 54.2 cm³/mol. The fourth-order valence-corrected chi connectivity index (χ4v) is 3.43. The van der Waals surface area contributed by atoms with Gasteiger partial charge in [-0.05, 0) is 6.42 Å². The van der Waals surface area contributed by atoms with Gasteiger partial charge >= 0.3 is 5.97 Å². The molecular weight excluding hydrogens is 182 g/mol. The van der Waals surface area contributed by atoms with Crippen molar-refractivity contribution in [2.45, 2.75) is 44.4 Å². The highest BCUT2D eigenvalue weighted by molar-refractivity contribution is 6.83. The summed E-state index contributed by atoms with van der Waals surface area (Å²) in [4.78, 5) is 11.1. The lowest BCUT2D eigenvalue weighted by molar-refractivity contribution is -0.139. The molecule has 0 aromatic carbocycles. The van der Waals surface area contributed by atoms with Crippen molar-refractivity contribution in [1.82, 2.24) is 0 Å². The van der Waals surface area contributed by atoms with Crippen molar-refractivity contribution in [3.8, 4) is 6.07 Å². The first-order valence-corrected chi connectivity index (χ1v) is 7.96. The van der Waals surface area contributed by atoms with Gasteiger partial charge in [0.2, 0.25) is 0 Å². The average molecular weight is 199 g/mol. The Hall–Kier alpha value is -0.823. The molecule has 13 heavy (non-hydrogen) atoms. The van der Waals surface area contributed by atoms with Gasteiger partial charge in [0, 0.05) is 0 Å². The van der Waals surface area contributed by atoms with Gasteiger partial charge in [0.1, 0.15) is 5.04 Å². The molecule has 0 radical (unpaired) electrons. The van der Waals surface area contributed by atoms with Crippen molar-refractivity contribution in [2.24, 2.45) is 0 Å². The summed E-state index contributed by atoms with van der Waals surface area (Å²) in [6, 6.07) is 2.02. The quantitative estimate of drug-likeness (QED) is 0.707. The Morgan fingerprint density at radius 3 is 2.08 bits per heavy atom. The Bertz CT molecular complexity index is 239. The van der Waals surface area contributed by atoms with Crippen LogP contribution in [-0.4, -0.2) is 19.1 Å². The second-order valence-electron chi connectivity index (χ2n) is 4.32. The molecule has 0 aliphatic rings. The van der Waals surface area contributed by atoms with E-state index in [1.807, 2.05) is 32.6 Å². The largest absolute Gasteiger partial charge is 0.480 e. The SMILES string of the molecule is CCCC(C#N)(C(=O)O)[Si](C)(C)C. The number of carboxylic acids is 1. The number of nitriles is 1. The summed E-state index contributed by atoms with van der Waals surface area (Å²) < 4.78 is 0. The van der Waals surface area contributed by atoms with Crippen LogP contribution in [0.15, 0.2) is 0 Å². The highest BCUT2D eigenvalue weighted by Crippen LogP contribution is 2.42. The van der Waals surface area contributed by atoms with Crippen LogP contribution in [-0.2, 0) is 4.79 Å². The smallest absolute Gasteiger partial charge is 0.320 e. The van der Waals surface area contributed by atoms with Crippen molar-refractivity contribution < 1.29 is 9.90 Å². The van der Waals surface area contributed by atoms with Crippen LogP contribution in [0.2, 0.25) is 24.7 Å². The van der Waals surface area contributed by atoms with E-state index >= 15 is 0 Å². The van der Waals surface area contributed by atoms with Gasteiger partial charge in [-0.2, -0.15) is 5.26 Å². The predicted octanol–water partition coefficient (Wildman–Crippen LogP) is 2.47. The molecule has 74 valence electrons. The summed E-state index contributed by atoms with van der Waals surface area (Å²) in [5, 5.41) is 17.0. The molecule has 1 N–H and O–H groups in total. The van der Waals surface area contributed by atoms with Gasteiger partial charge in [-0.1, -0.05) is 33.0 Å². The molecular formula is C9H17NO2Si. The number of carboxylic acid groups (broad SMARTS) is 1. The van der Waals surface area contributed by atoms with Crippen LogP contribution < -0.4 is 0 Å². The van der Waals surface area contributed by atoms with Crippen LogP contribution in [0.4, 0.5) is 0 Å². The molecule has 1 atom stereocenters. The van der Waals surface area contributed by atoms with Gasteiger partial charge in [-0.25, -0.2) is 0 Å². The Kier molecular flexibility index (Phi) is 3.67. The summed E-state index contributed by atoms with van der Waals surface area (Å²) >= 11 is 0. The molecule has 0 saturated heterocycles. The maximum atomic E-state index is 11.1. The minimum atomic E-state index is -1.98. The molecule has 0 saturated carbocycles. The van der Waals surface area contributed by atoms with Crippen molar-refractivity contribution in [1.29, 1.82) is 5.26 Å². The second-order valence-corrected chi connectivity index (χ2v) is 9.68. The molecule has 0 fully saturated rings. The third-order valence-electron chi connectivity index (χ3n) is 2.46. The highest BCUT2D eigenvalue weighted by Gasteiger charge is 2.49. The summed E-state index contributed by atoms with van der Waals surface area (Å²) in [6.07, 6.45) is 1.21. The first kappa shape index (κ1) is 12.2. The van der Waals surface area contributed by atoms with E-state index in [2.05, 4.69) is 0 Å². The molecule has 0 amide bonds. The monoisotopic (exact) mass is 199 g/mol. The van der Waals surface area contributed by atoms with Gasteiger partial charge < -0.3 is 5.11 Å². The topological polar surface area (TPSA) is 61.1 Å². The fourth-order valence-electron chi connectivity index (χ4n) is 1.45. The second kappa shape index (κ2) is 3.92. The number of hydrogen-bond acceptors (Lipinski definition) is 2. The maximum absolute atomic E-state index is 11.1. The van der Waals surface area contributed by atoms with E-state index in [0.717, 1.165) is 6.42 Å². The fraction of sp³-hybridized carbons (Fsp3) is 0.778. The lowest BCUT2D eigenvalue weighted by Gasteiger charge is -2.33. The van der Waals surface area contributed by atoms with Crippen LogP contribution >= 0.6 is 0 Å². The lowest BCUT2D eigenvalue weighted by atomic mass is 10.0. The Labute approximate surface area is 80.4 Å². The molecule has 0 aromatic rings. The summed E-state index contributed by atoms with van der Waals surface area (Å²) in [6.45, 7) is 7.70. The number of rotatable bonds is 4. The zero-order chi connectivity index (χ0) is 10.7. The van der Waals surface area contributed by atoms with E-state index in [1.54, 1.807) is 0 Å². The van der Waals surface area contributed by atoms with Crippen LogP contribution in [0.5, 0.6) is 0 Å². The third kappa shape index (κ3) is 2.10. The van der Waals surface area contributed by atoms with Crippen molar-refractivity contribution in [3.63, 3.8) is 0 Å². The molecule has 0 heterocycles. The van der Waals surface area contributed by atoms with Gasteiger partial charge in [0.15, 0.2) is 0 Å². The molecule has 0 bridgehead atoms. The van der Waals surface area contributed by atoms with Gasteiger partial charge in [0.25, 0.3) is 0 Å². The molecule has 0 rings (SSSR count). The summed E-state index contributed by atoms with van der Waals surface area (Å²) in [5.41, 5.74) is 0. The average Bonchev–Trinajstić information content (AvgIpc) is 1.96.